The van der Waals surface area contributed by atoms with Crippen LogP contribution in [0.4, 0.5) is 0 Å². The third-order valence-corrected chi connectivity index (χ3v) is 1.06. The molecule has 4 heteroatoms. The van der Waals surface area contributed by atoms with Crippen LogP contribution in [0, 0.1) is 13.3 Å². The van der Waals surface area contributed by atoms with Crippen molar-refractivity contribution in [2.24, 2.45) is 5.92 Å². The molecular formula is C8H15NO2Y-2. The van der Waals surface area contributed by atoms with Gasteiger partial charge in [-0.3, -0.25) is 4.79 Å². The van der Waals surface area contributed by atoms with E-state index in [0.29, 0.717) is 0 Å². The largest absolute Gasteiger partial charge is 0.540 e. The van der Waals surface area contributed by atoms with Crippen LogP contribution >= 0.6 is 0 Å². The van der Waals surface area contributed by atoms with Gasteiger partial charge < -0.3 is 17.5 Å². The van der Waals surface area contributed by atoms with Gasteiger partial charge in [-0.25, -0.2) is 6.29 Å². The molecule has 1 atom stereocenters. The van der Waals surface area contributed by atoms with Crippen molar-refractivity contribution >= 4 is 12.2 Å². The van der Waals surface area contributed by atoms with Gasteiger partial charge in [0.05, 0.1) is 0 Å². The molecule has 0 saturated heterocycles. The maximum atomic E-state index is 10.8. The van der Waals surface area contributed by atoms with Gasteiger partial charge in [0.15, 0.2) is 0 Å². The number of carbonyl (C=O) groups excluding carboxylic acids is 2. The van der Waals surface area contributed by atoms with E-state index in [1.165, 1.54) is 0 Å². The van der Waals surface area contributed by atoms with Gasteiger partial charge in [0.2, 0.25) is 5.91 Å². The molecule has 0 aliphatic heterocycles. The second-order valence-corrected chi connectivity index (χ2v) is 2.50. The van der Waals surface area contributed by atoms with Crippen LogP contribution < -0.4 is 5.32 Å². The molecule has 1 amide bonds. The molecule has 69 valence electrons. The molecule has 0 heterocycles. The molecule has 0 bridgehead atoms. The van der Waals surface area contributed by atoms with Crippen LogP contribution in [-0.2, 0) is 42.3 Å². The molecule has 0 aliphatic carbocycles. The van der Waals surface area contributed by atoms with Crippen LogP contribution in [0.2, 0.25) is 0 Å². The summed E-state index contributed by atoms with van der Waals surface area (Å²) in [5, 5.41) is 2.47. The molecule has 0 aromatic heterocycles. The van der Waals surface area contributed by atoms with E-state index in [1.807, 2.05) is 0 Å². The monoisotopic (exact) mass is 246 g/mol. The zero-order valence-corrected chi connectivity index (χ0v) is 10.9. The number of carbonyl (C=O) groups is 1. The number of amides is 1. The zero-order chi connectivity index (χ0) is 8.15. The maximum Gasteiger partial charge on any atom is 0.220 e. The summed E-state index contributed by atoms with van der Waals surface area (Å²) in [6.07, 6.45) is 1.67. The smallest absolute Gasteiger partial charge is 0.220 e. The Morgan fingerprint density at radius 3 is 2.00 bits per heavy atom. The third kappa shape index (κ3) is 8.34. The van der Waals surface area contributed by atoms with Gasteiger partial charge in [-0.15, -0.1) is 0 Å². The molecule has 0 spiro atoms. The number of nitrogens with one attached hydrogen (secondary N) is 1. The van der Waals surface area contributed by atoms with E-state index in [1.54, 1.807) is 27.1 Å². The van der Waals surface area contributed by atoms with E-state index in [4.69, 9.17) is 0 Å². The second kappa shape index (κ2) is 9.33. The Hall–Kier alpha value is 0.244. The third-order valence-electron chi connectivity index (χ3n) is 1.06. The average molecular weight is 246 g/mol. The van der Waals surface area contributed by atoms with Crippen LogP contribution in [0.25, 0.3) is 0 Å². The summed E-state index contributed by atoms with van der Waals surface area (Å²) in [4.78, 5) is 20.7. The molecule has 0 rings (SSSR count). The predicted molar refractivity (Wildman–Crippen MR) is 44.6 cm³/mol. The summed E-state index contributed by atoms with van der Waals surface area (Å²) < 4.78 is 0. The molecule has 0 saturated carbocycles. The minimum Gasteiger partial charge on any atom is -0.540 e. The van der Waals surface area contributed by atoms with Crippen LogP contribution in [0.15, 0.2) is 0 Å². The average Bonchev–Trinajstić information content (AvgIpc) is 1.87. The van der Waals surface area contributed by atoms with Crippen molar-refractivity contribution in [1.82, 2.24) is 5.32 Å². The summed E-state index contributed by atoms with van der Waals surface area (Å²) >= 11 is 0. The molecule has 0 aromatic rings. The Labute approximate surface area is 99.6 Å². The number of hydrogen-bond acceptors (Lipinski definition) is 2. The van der Waals surface area contributed by atoms with Gasteiger partial charge in [0.25, 0.3) is 0 Å². The summed E-state index contributed by atoms with van der Waals surface area (Å²) in [5.74, 6) is -0.188. The van der Waals surface area contributed by atoms with Crippen LogP contribution in [-0.4, -0.2) is 18.2 Å². The standard InChI is InChI=1S/C7H12NO2.CH3.Y/c1-5(2)7(10)8-6(3)4-9;;/h5-6H,1-3H3,(H,8,10);1H3;/q2*-1;. The molecular weight excluding hydrogens is 231 g/mol. The summed E-state index contributed by atoms with van der Waals surface area (Å²) in [6, 6.07) is -0.491. The van der Waals surface area contributed by atoms with E-state index >= 15 is 0 Å². The Kier molecular flexibility index (Phi) is 14.1. The Morgan fingerprint density at radius 1 is 1.33 bits per heavy atom. The fourth-order valence-electron chi connectivity index (χ4n) is 0.410. The number of rotatable bonds is 3. The molecule has 12 heavy (non-hydrogen) atoms. The van der Waals surface area contributed by atoms with Crippen molar-refractivity contribution in [2.75, 3.05) is 0 Å². The fourth-order valence-corrected chi connectivity index (χ4v) is 0.410. The van der Waals surface area contributed by atoms with E-state index in [2.05, 4.69) is 5.32 Å². The van der Waals surface area contributed by atoms with Crippen molar-refractivity contribution in [2.45, 2.75) is 26.8 Å². The molecule has 0 aliphatic rings. The van der Waals surface area contributed by atoms with E-state index in [0.717, 1.165) is 0 Å². The summed E-state index contributed by atoms with van der Waals surface area (Å²) in [6.45, 7) is 5.13. The van der Waals surface area contributed by atoms with E-state index < -0.39 is 6.04 Å². The Balaban J connectivity index is -0.000000405. The van der Waals surface area contributed by atoms with Crippen molar-refractivity contribution in [3.05, 3.63) is 7.43 Å². The van der Waals surface area contributed by atoms with Crippen molar-refractivity contribution in [3.8, 4) is 0 Å². The minimum absolute atomic E-state index is 0. The first kappa shape index (κ1) is 18.1. The van der Waals surface area contributed by atoms with Gasteiger partial charge in [0, 0.05) is 38.6 Å². The van der Waals surface area contributed by atoms with Gasteiger partial charge >= 0.3 is 0 Å². The quantitative estimate of drug-likeness (QED) is 0.745. The van der Waals surface area contributed by atoms with Gasteiger partial charge in [-0.1, -0.05) is 26.8 Å². The van der Waals surface area contributed by atoms with E-state index in [9.17, 15) is 9.59 Å². The second-order valence-electron chi connectivity index (χ2n) is 2.50. The summed E-state index contributed by atoms with van der Waals surface area (Å²) in [5.41, 5.74) is 0. The minimum atomic E-state index is -0.491. The normalized spacial score (nSPS) is 10.7. The van der Waals surface area contributed by atoms with Crippen LogP contribution in [0.1, 0.15) is 20.8 Å². The number of hydrogen-bond donors (Lipinski definition) is 1. The molecule has 1 unspecified atom stereocenters. The fraction of sp³-hybridized carbons (Fsp3) is 0.625. The van der Waals surface area contributed by atoms with Gasteiger partial charge in [-0.2, -0.15) is 0 Å². The van der Waals surface area contributed by atoms with Gasteiger partial charge in [-0.05, 0) is 0 Å². The summed E-state index contributed by atoms with van der Waals surface area (Å²) in [7, 11) is 0. The van der Waals surface area contributed by atoms with E-state index in [-0.39, 0.29) is 52.0 Å². The van der Waals surface area contributed by atoms with Crippen LogP contribution in [0.5, 0.6) is 0 Å². The first-order valence-electron chi connectivity index (χ1n) is 3.26. The van der Waals surface area contributed by atoms with Crippen molar-refractivity contribution < 1.29 is 42.3 Å². The maximum absolute atomic E-state index is 10.8. The zero-order valence-electron chi connectivity index (χ0n) is 8.05. The van der Waals surface area contributed by atoms with Crippen molar-refractivity contribution in [1.29, 1.82) is 0 Å². The Bertz CT molecular complexity index is 137. The van der Waals surface area contributed by atoms with Crippen LogP contribution in [0.3, 0.4) is 0 Å². The van der Waals surface area contributed by atoms with Crippen molar-refractivity contribution in [3.63, 3.8) is 0 Å². The SMILES string of the molecule is CC([C-]=O)NC(=O)C(C)C.[CH3-].[Y]. The predicted octanol–water partition coefficient (Wildman–Crippen LogP) is 0.705. The first-order valence-corrected chi connectivity index (χ1v) is 3.26. The topological polar surface area (TPSA) is 46.2 Å². The van der Waals surface area contributed by atoms with Gasteiger partial charge in [0.1, 0.15) is 0 Å². The molecule has 3 nitrogen and oxygen atoms in total. The molecule has 1 radical (unpaired) electrons. The molecule has 0 aromatic carbocycles. The first-order chi connectivity index (χ1) is 4.57. The Morgan fingerprint density at radius 2 is 1.75 bits per heavy atom. The molecule has 1 N–H and O–H groups in total. The molecule has 0 fully saturated rings.